The molecule has 0 saturated carbocycles. The van der Waals surface area contributed by atoms with Crippen LogP contribution < -0.4 is 10.1 Å². The fourth-order valence-corrected chi connectivity index (χ4v) is 4.88. The van der Waals surface area contributed by atoms with Crippen molar-refractivity contribution in [2.75, 3.05) is 18.5 Å². The number of furan rings is 1. The number of carboxylic acid groups (broad SMARTS) is 1. The van der Waals surface area contributed by atoms with Gasteiger partial charge in [-0.15, -0.1) is 0 Å². The molecule has 0 spiro atoms. The summed E-state index contributed by atoms with van der Waals surface area (Å²) < 4.78 is 11.0. The minimum absolute atomic E-state index is 0.150. The lowest BCUT2D eigenvalue weighted by atomic mass is 10.00. The average Bonchev–Trinajstić information content (AvgIpc) is 3.62. The third-order valence-corrected chi connectivity index (χ3v) is 7.32. The van der Waals surface area contributed by atoms with Crippen molar-refractivity contribution in [3.05, 3.63) is 162 Å². The Morgan fingerprint density at radius 1 is 0.826 bits per heavy atom. The number of benzene rings is 4. The van der Waals surface area contributed by atoms with Gasteiger partial charge in [-0.25, -0.2) is 4.79 Å². The van der Waals surface area contributed by atoms with Gasteiger partial charge in [-0.3, -0.25) is 9.59 Å². The first kappa shape index (κ1) is 31.5. The first-order valence-electron chi connectivity index (χ1n) is 14.9. The van der Waals surface area contributed by atoms with E-state index in [-0.39, 0.29) is 24.7 Å². The van der Waals surface area contributed by atoms with E-state index < -0.39 is 12.0 Å². The Labute approximate surface area is 267 Å². The van der Waals surface area contributed by atoms with Gasteiger partial charge in [0.1, 0.15) is 18.4 Å². The number of hydrogen-bond donors (Lipinski definition) is 2. The SMILES string of the molecule is O=C(c1ccccc1)c1ccccc1N[C@@H](Cc1ccc(OCCN(Cc2ccccc2)C(=O)C=Cc2ccoc2)cc1)C(=O)O. The molecule has 5 rings (SSSR count). The van der Waals surface area contributed by atoms with Crippen molar-refractivity contribution >= 4 is 29.4 Å². The van der Waals surface area contributed by atoms with Crippen LogP contribution in [-0.2, 0) is 22.6 Å². The van der Waals surface area contributed by atoms with Crippen molar-refractivity contribution in [2.24, 2.45) is 0 Å². The zero-order chi connectivity index (χ0) is 32.1. The van der Waals surface area contributed by atoms with Crippen LogP contribution >= 0.6 is 0 Å². The lowest BCUT2D eigenvalue weighted by molar-refractivity contribution is -0.137. The van der Waals surface area contributed by atoms with E-state index in [1.165, 1.54) is 6.08 Å². The number of amides is 1. The zero-order valence-corrected chi connectivity index (χ0v) is 25.1. The molecule has 8 heteroatoms. The van der Waals surface area contributed by atoms with E-state index in [0.29, 0.717) is 35.7 Å². The molecule has 2 N–H and O–H groups in total. The smallest absolute Gasteiger partial charge is 0.326 e. The maximum Gasteiger partial charge on any atom is 0.326 e. The molecular formula is C38H34N2O6. The molecule has 8 nitrogen and oxygen atoms in total. The van der Waals surface area contributed by atoms with Crippen LogP contribution in [-0.4, -0.2) is 46.9 Å². The number of anilines is 1. The Bertz CT molecular complexity index is 1750. The molecule has 4 aromatic carbocycles. The quantitative estimate of drug-likeness (QED) is 0.0993. The number of hydrogen-bond acceptors (Lipinski definition) is 6. The third kappa shape index (κ3) is 8.83. The topological polar surface area (TPSA) is 109 Å². The summed E-state index contributed by atoms with van der Waals surface area (Å²) in [5, 5.41) is 13.1. The molecule has 46 heavy (non-hydrogen) atoms. The number of carbonyl (C=O) groups is 3. The summed E-state index contributed by atoms with van der Waals surface area (Å²) in [6, 6.07) is 33.5. The van der Waals surface area contributed by atoms with Gasteiger partial charge in [-0.05, 0) is 47.5 Å². The largest absolute Gasteiger partial charge is 0.492 e. The Morgan fingerprint density at radius 3 is 2.22 bits per heavy atom. The molecule has 5 aromatic rings. The molecule has 0 aliphatic rings. The van der Waals surface area contributed by atoms with E-state index in [9.17, 15) is 19.5 Å². The highest BCUT2D eigenvalue weighted by Gasteiger charge is 2.21. The van der Waals surface area contributed by atoms with E-state index in [4.69, 9.17) is 9.15 Å². The molecule has 1 aromatic heterocycles. The van der Waals surface area contributed by atoms with Gasteiger partial charge in [0.05, 0.1) is 19.1 Å². The number of para-hydroxylation sites is 1. The van der Waals surface area contributed by atoms with Gasteiger partial charge in [-0.1, -0.05) is 84.9 Å². The molecule has 1 atom stereocenters. The summed E-state index contributed by atoms with van der Waals surface area (Å²) in [5.74, 6) is -0.772. The Balaban J connectivity index is 1.19. The molecule has 1 heterocycles. The summed E-state index contributed by atoms with van der Waals surface area (Å²) in [5.41, 5.74) is 3.97. The van der Waals surface area contributed by atoms with Crippen LogP contribution in [0.5, 0.6) is 5.75 Å². The lowest BCUT2D eigenvalue weighted by Crippen LogP contribution is -2.33. The Kier molecular flexibility index (Phi) is 10.8. The monoisotopic (exact) mass is 614 g/mol. The number of nitrogens with one attached hydrogen (secondary N) is 1. The highest BCUT2D eigenvalue weighted by molar-refractivity contribution is 6.12. The van der Waals surface area contributed by atoms with Crippen molar-refractivity contribution in [1.29, 1.82) is 0 Å². The first-order valence-corrected chi connectivity index (χ1v) is 14.9. The number of ether oxygens (including phenoxy) is 1. The normalized spacial score (nSPS) is 11.6. The first-order chi connectivity index (χ1) is 22.5. The summed E-state index contributed by atoms with van der Waals surface area (Å²) in [7, 11) is 0. The molecule has 0 saturated heterocycles. The highest BCUT2D eigenvalue weighted by atomic mass is 16.5. The second kappa shape index (κ2) is 15.7. The van der Waals surface area contributed by atoms with E-state index in [1.807, 2.05) is 48.5 Å². The number of ketones is 1. The van der Waals surface area contributed by atoms with Crippen molar-refractivity contribution in [1.82, 2.24) is 4.90 Å². The van der Waals surface area contributed by atoms with Gasteiger partial charge in [-0.2, -0.15) is 0 Å². The molecule has 0 fully saturated rings. The van der Waals surface area contributed by atoms with E-state index in [2.05, 4.69) is 5.32 Å². The van der Waals surface area contributed by atoms with E-state index >= 15 is 0 Å². The van der Waals surface area contributed by atoms with Crippen LogP contribution in [0.2, 0.25) is 0 Å². The maximum atomic E-state index is 13.1. The van der Waals surface area contributed by atoms with Gasteiger partial charge in [0.25, 0.3) is 0 Å². The molecule has 0 unspecified atom stereocenters. The number of carbonyl (C=O) groups excluding carboxylic acids is 2. The Morgan fingerprint density at radius 2 is 1.52 bits per heavy atom. The minimum Gasteiger partial charge on any atom is -0.492 e. The van der Waals surface area contributed by atoms with Crippen molar-refractivity contribution in [2.45, 2.75) is 19.0 Å². The van der Waals surface area contributed by atoms with Crippen LogP contribution in [0.25, 0.3) is 6.08 Å². The van der Waals surface area contributed by atoms with E-state index in [0.717, 1.165) is 16.7 Å². The van der Waals surface area contributed by atoms with Gasteiger partial charge in [0, 0.05) is 41.4 Å². The van der Waals surface area contributed by atoms with Crippen LogP contribution in [0.15, 0.2) is 138 Å². The molecule has 232 valence electrons. The lowest BCUT2D eigenvalue weighted by Gasteiger charge is -2.22. The summed E-state index contributed by atoms with van der Waals surface area (Å²) in [6.45, 7) is 1.06. The summed E-state index contributed by atoms with van der Waals surface area (Å²) in [4.78, 5) is 40.1. The number of aliphatic carboxylic acids is 1. The number of rotatable bonds is 15. The van der Waals surface area contributed by atoms with Gasteiger partial charge < -0.3 is 24.5 Å². The average molecular weight is 615 g/mol. The fourth-order valence-electron chi connectivity index (χ4n) is 4.88. The summed E-state index contributed by atoms with van der Waals surface area (Å²) in [6.07, 6.45) is 6.54. The second-order valence-corrected chi connectivity index (χ2v) is 10.6. The van der Waals surface area contributed by atoms with Crippen LogP contribution in [0.1, 0.15) is 32.6 Å². The number of carboxylic acids is 1. The summed E-state index contributed by atoms with van der Waals surface area (Å²) >= 11 is 0. The predicted molar refractivity (Wildman–Crippen MR) is 177 cm³/mol. The minimum atomic E-state index is -1.03. The van der Waals surface area contributed by atoms with Crippen molar-refractivity contribution in [3.63, 3.8) is 0 Å². The molecule has 0 aliphatic heterocycles. The van der Waals surface area contributed by atoms with Crippen molar-refractivity contribution < 1.29 is 28.6 Å². The zero-order valence-electron chi connectivity index (χ0n) is 25.1. The third-order valence-electron chi connectivity index (χ3n) is 7.32. The van der Waals surface area contributed by atoms with Crippen LogP contribution in [0, 0.1) is 0 Å². The predicted octanol–water partition coefficient (Wildman–Crippen LogP) is 6.74. The van der Waals surface area contributed by atoms with Crippen molar-refractivity contribution in [3.8, 4) is 5.75 Å². The maximum absolute atomic E-state index is 13.1. The van der Waals surface area contributed by atoms with Crippen LogP contribution in [0.4, 0.5) is 5.69 Å². The van der Waals surface area contributed by atoms with Crippen LogP contribution in [0.3, 0.4) is 0 Å². The van der Waals surface area contributed by atoms with Gasteiger partial charge >= 0.3 is 5.97 Å². The fraction of sp³-hybridized carbons (Fsp3) is 0.132. The highest BCUT2D eigenvalue weighted by Crippen LogP contribution is 2.22. The number of nitrogens with zero attached hydrogens (tertiary/aromatic N) is 1. The standard InChI is InChI=1S/C38H34N2O6/c41-36(20-17-30-21-23-45-27-30)40(26-29-9-3-1-4-10-29)22-24-46-32-18-15-28(16-19-32)25-35(38(43)44)39-34-14-8-7-13-33(34)37(42)31-11-5-2-6-12-31/h1-21,23,27,35,39H,22,24-26H2,(H,43,44)/t35-/m0/s1. The molecule has 0 aliphatic carbocycles. The van der Waals surface area contributed by atoms with Gasteiger partial charge in [0.15, 0.2) is 5.78 Å². The molecule has 1 amide bonds. The molecular weight excluding hydrogens is 580 g/mol. The molecule has 0 radical (unpaired) electrons. The molecule has 0 bridgehead atoms. The Hall–Kier alpha value is -5.89. The van der Waals surface area contributed by atoms with Gasteiger partial charge in [0.2, 0.25) is 5.91 Å². The second-order valence-electron chi connectivity index (χ2n) is 10.6. The van der Waals surface area contributed by atoms with E-state index in [1.54, 1.807) is 90.2 Å².